The number of methoxy groups -OCH3 is 2. The van der Waals surface area contributed by atoms with Crippen molar-refractivity contribution in [2.24, 2.45) is 5.10 Å². The maximum absolute atomic E-state index is 12.6. The topological polar surface area (TPSA) is 114 Å². The SMILES string of the molecule is COc1ccc(NC(=O)C2=NN([C@@H]3CCS(=O)(=O)C3)C(=O)CC2)c(OC)c1. The van der Waals surface area contributed by atoms with Crippen molar-refractivity contribution in [3.8, 4) is 11.5 Å². The van der Waals surface area contributed by atoms with Gasteiger partial charge in [0.05, 0.1) is 37.5 Å². The van der Waals surface area contributed by atoms with Gasteiger partial charge in [0.1, 0.15) is 17.2 Å². The van der Waals surface area contributed by atoms with E-state index in [4.69, 9.17) is 9.47 Å². The van der Waals surface area contributed by atoms with E-state index in [1.165, 1.54) is 14.2 Å². The van der Waals surface area contributed by atoms with Crippen LogP contribution in [0.3, 0.4) is 0 Å². The van der Waals surface area contributed by atoms with E-state index in [0.29, 0.717) is 23.6 Å². The number of carbonyl (C=O) groups excluding carboxylic acids is 2. The minimum Gasteiger partial charge on any atom is -0.497 e. The second-order valence-corrected chi connectivity index (χ2v) is 8.59. The number of sulfone groups is 1. The monoisotopic (exact) mass is 395 g/mol. The van der Waals surface area contributed by atoms with E-state index in [9.17, 15) is 18.0 Å². The fourth-order valence-electron chi connectivity index (χ4n) is 3.08. The number of ether oxygens (including phenoxy) is 2. The lowest BCUT2D eigenvalue weighted by Crippen LogP contribution is -2.42. The molecule has 2 aliphatic heterocycles. The number of nitrogens with one attached hydrogen (secondary N) is 1. The number of amides is 2. The Labute approximate surface area is 157 Å². The average molecular weight is 395 g/mol. The van der Waals surface area contributed by atoms with Crippen LogP contribution in [0.5, 0.6) is 11.5 Å². The molecule has 2 amide bonds. The number of rotatable bonds is 5. The molecule has 10 heteroatoms. The molecule has 2 aliphatic rings. The van der Waals surface area contributed by atoms with Gasteiger partial charge in [-0.2, -0.15) is 5.10 Å². The molecule has 1 atom stereocenters. The van der Waals surface area contributed by atoms with Crippen molar-refractivity contribution in [2.45, 2.75) is 25.3 Å². The van der Waals surface area contributed by atoms with Gasteiger partial charge in [-0.25, -0.2) is 13.4 Å². The average Bonchev–Trinajstić information content (AvgIpc) is 3.01. The lowest BCUT2D eigenvalue weighted by Gasteiger charge is -2.27. The standard InChI is InChI=1S/C17H21N3O6S/c1-25-12-3-4-13(15(9-12)26-2)18-17(22)14-5-6-16(21)20(19-14)11-7-8-27(23,24)10-11/h3-4,9,11H,5-8,10H2,1-2H3,(H,18,22)/t11-/m1/s1. The highest BCUT2D eigenvalue weighted by Gasteiger charge is 2.37. The molecule has 2 heterocycles. The number of nitrogens with zero attached hydrogens (tertiary/aromatic N) is 2. The summed E-state index contributed by atoms with van der Waals surface area (Å²) in [4.78, 5) is 24.7. The largest absolute Gasteiger partial charge is 0.497 e. The van der Waals surface area contributed by atoms with Gasteiger partial charge in [0, 0.05) is 18.9 Å². The third-order valence-electron chi connectivity index (χ3n) is 4.53. The third kappa shape index (κ3) is 4.21. The van der Waals surface area contributed by atoms with Crippen molar-refractivity contribution < 1.29 is 27.5 Å². The van der Waals surface area contributed by atoms with Crippen LogP contribution in [0.4, 0.5) is 5.69 Å². The Morgan fingerprint density at radius 3 is 2.67 bits per heavy atom. The van der Waals surface area contributed by atoms with E-state index in [1.807, 2.05) is 0 Å². The second kappa shape index (κ2) is 7.55. The summed E-state index contributed by atoms with van der Waals surface area (Å²) in [5.74, 6) is 0.186. The van der Waals surface area contributed by atoms with Crippen molar-refractivity contribution in [1.29, 1.82) is 0 Å². The van der Waals surface area contributed by atoms with Gasteiger partial charge in [0.2, 0.25) is 5.91 Å². The quantitative estimate of drug-likeness (QED) is 0.789. The van der Waals surface area contributed by atoms with E-state index in [1.54, 1.807) is 18.2 Å². The molecule has 0 radical (unpaired) electrons. The Hall–Kier alpha value is -2.62. The fourth-order valence-corrected chi connectivity index (χ4v) is 4.78. The van der Waals surface area contributed by atoms with Gasteiger partial charge >= 0.3 is 0 Å². The minimum atomic E-state index is -3.16. The molecule has 0 bridgehead atoms. The zero-order valence-corrected chi connectivity index (χ0v) is 15.9. The van der Waals surface area contributed by atoms with Crippen molar-refractivity contribution in [3.05, 3.63) is 18.2 Å². The van der Waals surface area contributed by atoms with Crippen LogP contribution in [0.15, 0.2) is 23.3 Å². The van der Waals surface area contributed by atoms with Crippen LogP contribution in [-0.4, -0.2) is 62.7 Å². The van der Waals surface area contributed by atoms with Crippen LogP contribution in [0, 0.1) is 0 Å². The van der Waals surface area contributed by atoms with Crippen LogP contribution in [-0.2, 0) is 19.4 Å². The first kappa shape index (κ1) is 19.2. The highest BCUT2D eigenvalue weighted by molar-refractivity contribution is 7.91. The molecule has 0 aliphatic carbocycles. The summed E-state index contributed by atoms with van der Waals surface area (Å²) in [6.07, 6.45) is 0.639. The van der Waals surface area contributed by atoms with E-state index in [-0.39, 0.29) is 36.0 Å². The zero-order valence-electron chi connectivity index (χ0n) is 15.1. The van der Waals surface area contributed by atoms with E-state index < -0.39 is 21.8 Å². The van der Waals surface area contributed by atoms with E-state index >= 15 is 0 Å². The van der Waals surface area contributed by atoms with Gasteiger partial charge in [0.15, 0.2) is 9.84 Å². The molecule has 9 nitrogen and oxygen atoms in total. The molecule has 0 spiro atoms. The Bertz CT molecular complexity index is 896. The van der Waals surface area contributed by atoms with E-state index in [2.05, 4.69) is 10.4 Å². The molecule has 1 saturated heterocycles. The Kier molecular flexibility index (Phi) is 5.36. The highest BCUT2D eigenvalue weighted by Crippen LogP contribution is 2.29. The Morgan fingerprint density at radius 2 is 2.04 bits per heavy atom. The number of carbonyl (C=O) groups is 2. The summed E-state index contributed by atoms with van der Waals surface area (Å²) < 4.78 is 33.7. The van der Waals surface area contributed by atoms with Gasteiger partial charge in [-0.1, -0.05) is 0 Å². The molecule has 1 fully saturated rings. The minimum absolute atomic E-state index is 0.0293. The highest BCUT2D eigenvalue weighted by atomic mass is 32.2. The number of anilines is 1. The molecule has 27 heavy (non-hydrogen) atoms. The van der Waals surface area contributed by atoms with Crippen LogP contribution < -0.4 is 14.8 Å². The van der Waals surface area contributed by atoms with Gasteiger partial charge in [-0.15, -0.1) is 0 Å². The first-order chi connectivity index (χ1) is 12.8. The molecule has 3 rings (SSSR count). The second-order valence-electron chi connectivity index (χ2n) is 6.36. The molecule has 1 aromatic carbocycles. The van der Waals surface area contributed by atoms with Crippen molar-refractivity contribution >= 4 is 33.1 Å². The molecule has 1 aromatic rings. The van der Waals surface area contributed by atoms with Gasteiger partial charge in [-0.05, 0) is 18.6 Å². The lowest BCUT2D eigenvalue weighted by molar-refractivity contribution is -0.133. The Balaban J connectivity index is 1.78. The number of hydrogen-bond acceptors (Lipinski definition) is 7. The van der Waals surface area contributed by atoms with Gasteiger partial charge in [0.25, 0.3) is 5.91 Å². The number of benzene rings is 1. The predicted molar refractivity (Wildman–Crippen MR) is 98.7 cm³/mol. The summed E-state index contributed by atoms with van der Waals surface area (Å²) >= 11 is 0. The first-order valence-corrected chi connectivity index (χ1v) is 10.3. The summed E-state index contributed by atoms with van der Waals surface area (Å²) in [6.45, 7) is 0. The number of hydrazone groups is 1. The predicted octanol–water partition coefficient (Wildman–Crippen LogP) is 0.808. The van der Waals surface area contributed by atoms with Gasteiger partial charge in [-0.3, -0.25) is 9.59 Å². The summed E-state index contributed by atoms with van der Waals surface area (Å²) in [7, 11) is -0.160. The van der Waals surface area contributed by atoms with Crippen LogP contribution in [0.1, 0.15) is 19.3 Å². The van der Waals surface area contributed by atoms with Crippen LogP contribution in [0.25, 0.3) is 0 Å². The molecular formula is C17H21N3O6S. The summed E-state index contributed by atoms with van der Waals surface area (Å²) in [5, 5.41) is 8.03. The maximum atomic E-state index is 12.6. The Morgan fingerprint density at radius 1 is 1.26 bits per heavy atom. The van der Waals surface area contributed by atoms with E-state index in [0.717, 1.165) is 5.01 Å². The molecule has 146 valence electrons. The molecule has 0 saturated carbocycles. The maximum Gasteiger partial charge on any atom is 0.271 e. The molecule has 0 aromatic heterocycles. The fraction of sp³-hybridized carbons (Fsp3) is 0.471. The normalized spacial score (nSPS) is 21.6. The lowest BCUT2D eigenvalue weighted by atomic mass is 10.1. The molecular weight excluding hydrogens is 374 g/mol. The smallest absolute Gasteiger partial charge is 0.271 e. The number of hydrogen-bond donors (Lipinski definition) is 1. The molecule has 1 N–H and O–H groups in total. The van der Waals surface area contributed by atoms with Crippen molar-refractivity contribution in [1.82, 2.24) is 5.01 Å². The summed E-state index contributed by atoms with van der Waals surface area (Å²) in [6, 6.07) is 4.45. The van der Waals surface area contributed by atoms with Crippen molar-refractivity contribution in [3.63, 3.8) is 0 Å². The third-order valence-corrected chi connectivity index (χ3v) is 6.28. The van der Waals surface area contributed by atoms with Crippen LogP contribution in [0.2, 0.25) is 0 Å². The summed E-state index contributed by atoms with van der Waals surface area (Å²) in [5.41, 5.74) is 0.620. The van der Waals surface area contributed by atoms with Gasteiger partial charge < -0.3 is 14.8 Å². The first-order valence-electron chi connectivity index (χ1n) is 8.46. The zero-order chi connectivity index (χ0) is 19.6. The van der Waals surface area contributed by atoms with Crippen molar-refractivity contribution in [2.75, 3.05) is 31.0 Å². The van der Waals surface area contributed by atoms with Crippen LogP contribution >= 0.6 is 0 Å². The molecule has 0 unspecified atom stereocenters.